The first-order chi connectivity index (χ1) is 22.4. The number of hydrogen-bond acceptors (Lipinski definition) is 14. The Balaban J connectivity index is 1.05. The summed E-state index contributed by atoms with van der Waals surface area (Å²) < 4.78 is 32.5. The number of benzene rings is 2. The SMILES string of the molecule is C/C(=C/c1ccc(O[C@@H]2OC(C(C)NC(=O)c3ccc4c(c3)OCO4)[C@@H](O)[C@@H]2O)c(O)c1)C(=O)N[C@H]1[C@@H](O)[C@@H]2OCOC2[C@H](O)[C@H]1O. The van der Waals surface area contributed by atoms with Crippen LogP contribution in [0.15, 0.2) is 42.0 Å². The molecular formula is C31H36N2O14. The molecule has 0 aromatic heterocycles. The van der Waals surface area contributed by atoms with Crippen LogP contribution in [0.4, 0.5) is 0 Å². The van der Waals surface area contributed by atoms with Gasteiger partial charge >= 0.3 is 0 Å². The number of aliphatic hydroxyl groups is 5. The van der Waals surface area contributed by atoms with Gasteiger partial charge in [0.05, 0.1) is 12.1 Å². The first-order valence-corrected chi connectivity index (χ1v) is 14.9. The number of hydrogen-bond donors (Lipinski definition) is 8. The van der Waals surface area contributed by atoms with Crippen LogP contribution in [0.5, 0.6) is 23.0 Å². The minimum absolute atomic E-state index is 0.0578. The number of phenols is 1. The lowest BCUT2D eigenvalue weighted by Gasteiger charge is -2.41. The lowest BCUT2D eigenvalue weighted by atomic mass is 9.83. The van der Waals surface area contributed by atoms with Gasteiger partial charge in [0.1, 0.15) is 55.6 Å². The van der Waals surface area contributed by atoms with Gasteiger partial charge < -0.3 is 69.7 Å². The van der Waals surface area contributed by atoms with Gasteiger partial charge in [-0.15, -0.1) is 0 Å². The Morgan fingerprint density at radius 1 is 0.894 bits per heavy atom. The van der Waals surface area contributed by atoms with E-state index in [4.69, 9.17) is 28.4 Å². The van der Waals surface area contributed by atoms with Crippen LogP contribution < -0.4 is 24.8 Å². The van der Waals surface area contributed by atoms with Gasteiger partial charge in [-0.3, -0.25) is 9.59 Å². The van der Waals surface area contributed by atoms with Crippen molar-refractivity contribution in [3.05, 3.63) is 53.1 Å². The first-order valence-electron chi connectivity index (χ1n) is 14.9. The lowest BCUT2D eigenvalue weighted by molar-refractivity contribution is -0.155. The molecule has 254 valence electrons. The monoisotopic (exact) mass is 660 g/mol. The van der Waals surface area contributed by atoms with Crippen molar-refractivity contribution in [2.24, 2.45) is 0 Å². The number of amides is 2. The third-order valence-corrected chi connectivity index (χ3v) is 8.61. The number of phenolic OH excluding ortho intramolecular Hbond substituents is 1. The van der Waals surface area contributed by atoms with Gasteiger partial charge in [0.2, 0.25) is 19.0 Å². The second kappa shape index (κ2) is 13.2. The summed E-state index contributed by atoms with van der Waals surface area (Å²) in [6, 6.07) is 6.87. The third kappa shape index (κ3) is 6.46. The molecule has 16 nitrogen and oxygen atoms in total. The third-order valence-electron chi connectivity index (χ3n) is 8.61. The van der Waals surface area contributed by atoms with Crippen LogP contribution in [0.3, 0.4) is 0 Å². The van der Waals surface area contributed by atoms with Gasteiger partial charge in [0.15, 0.2) is 23.0 Å². The minimum Gasteiger partial charge on any atom is -0.504 e. The van der Waals surface area contributed by atoms with Crippen LogP contribution in [-0.4, -0.2) is 123 Å². The number of aliphatic hydroxyl groups excluding tert-OH is 5. The molecule has 16 heteroatoms. The smallest absolute Gasteiger partial charge is 0.251 e. The Labute approximate surface area is 268 Å². The van der Waals surface area contributed by atoms with E-state index in [0.29, 0.717) is 22.6 Å². The first kappa shape index (κ1) is 32.9. The molecule has 0 radical (unpaired) electrons. The fourth-order valence-electron chi connectivity index (χ4n) is 5.98. The van der Waals surface area contributed by atoms with E-state index in [-0.39, 0.29) is 30.7 Å². The molecule has 3 aliphatic heterocycles. The number of nitrogens with one attached hydrogen (secondary N) is 2. The Hall–Kier alpha value is -4.00. The van der Waals surface area contributed by atoms with Gasteiger partial charge in [-0.25, -0.2) is 0 Å². The highest BCUT2D eigenvalue weighted by molar-refractivity contribution is 5.97. The number of fused-ring (bicyclic) bond motifs is 2. The molecule has 3 fully saturated rings. The van der Waals surface area contributed by atoms with E-state index in [1.165, 1.54) is 37.3 Å². The summed E-state index contributed by atoms with van der Waals surface area (Å²) in [6.45, 7) is 2.97. The van der Waals surface area contributed by atoms with E-state index in [1.807, 2.05) is 0 Å². The van der Waals surface area contributed by atoms with E-state index in [1.54, 1.807) is 19.1 Å². The molecule has 11 atom stereocenters. The maximum Gasteiger partial charge on any atom is 0.251 e. The van der Waals surface area contributed by atoms with Crippen molar-refractivity contribution in [3.8, 4) is 23.0 Å². The Kier molecular flexibility index (Phi) is 9.28. The molecule has 2 aromatic carbocycles. The zero-order chi connectivity index (χ0) is 33.6. The molecule has 1 aliphatic carbocycles. The number of ether oxygens (including phenoxy) is 6. The van der Waals surface area contributed by atoms with Crippen LogP contribution in [0, 0.1) is 0 Å². The molecule has 2 aromatic rings. The summed E-state index contributed by atoms with van der Waals surface area (Å²) in [7, 11) is 0. The molecule has 4 aliphatic rings. The number of carbonyl (C=O) groups is 2. The van der Waals surface area contributed by atoms with Crippen LogP contribution >= 0.6 is 0 Å². The molecule has 6 rings (SSSR count). The summed E-state index contributed by atoms with van der Waals surface area (Å²) in [4.78, 5) is 25.7. The maximum absolute atomic E-state index is 12.9. The Bertz CT molecular complexity index is 1540. The van der Waals surface area contributed by atoms with Crippen molar-refractivity contribution in [1.29, 1.82) is 0 Å². The minimum atomic E-state index is -1.52. The van der Waals surface area contributed by atoms with Crippen LogP contribution in [0.25, 0.3) is 6.08 Å². The molecule has 2 amide bonds. The zero-order valence-electron chi connectivity index (χ0n) is 25.3. The topological polar surface area (TPSA) is 235 Å². The fourth-order valence-corrected chi connectivity index (χ4v) is 5.98. The number of aromatic hydroxyl groups is 1. The van der Waals surface area contributed by atoms with Crippen molar-refractivity contribution < 1.29 is 68.6 Å². The van der Waals surface area contributed by atoms with Crippen LogP contribution in [0.1, 0.15) is 29.8 Å². The summed E-state index contributed by atoms with van der Waals surface area (Å²) in [5.74, 6) is -0.624. The zero-order valence-corrected chi connectivity index (χ0v) is 25.3. The highest BCUT2D eigenvalue weighted by Crippen LogP contribution is 2.35. The molecule has 3 unspecified atom stereocenters. The average Bonchev–Trinajstić information content (AvgIpc) is 3.79. The number of carbonyl (C=O) groups excluding carboxylic acids is 2. The second-order valence-corrected chi connectivity index (χ2v) is 11.8. The van der Waals surface area contributed by atoms with Crippen molar-refractivity contribution in [3.63, 3.8) is 0 Å². The molecule has 1 saturated carbocycles. The summed E-state index contributed by atoms with van der Waals surface area (Å²) in [5.41, 5.74) is 0.823. The van der Waals surface area contributed by atoms with Gasteiger partial charge in [0, 0.05) is 11.1 Å². The van der Waals surface area contributed by atoms with Crippen LogP contribution in [-0.2, 0) is 19.0 Å². The normalized spacial score (nSPS) is 33.6. The average molecular weight is 661 g/mol. The highest BCUT2D eigenvalue weighted by atomic mass is 16.7. The van der Waals surface area contributed by atoms with E-state index in [9.17, 15) is 40.2 Å². The molecule has 0 spiro atoms. The lowest BCUT2D eigenvalue weighted by Crippen LogP contribution is -2.67. The van der Waals surface area contributed by atoms with E-state index in [0.717, 1.165) is 0 Å². The van der Waals surface area contributed by atoms with Crippen molar-refractivity contribution in [2.75, 3.05) is 13.6 Å². The van der Waals surface area contributed by atoms with Gasteiger partial charge in [-0.2, -0.15) is 0 Å². The summed E-state index contributed by atoms with van der Waals surface area (Å²) in [5, 5.41) is 68.5. The Morgan fingerprint density at radius 3 is 2.36 bits per heavy atom. The standard InChI is InChI=1S/C31H36N2O14/c1-12(29(40)33-20-21(35)23(37)28-27(22(20)36)44-11-45-28)7-14-3-5-17(16(34)8-14)46-31-25(39)24(38)26(47-31)13(2)32-30(41)15-4-6-18-19(9-15)43-10-42-18/h3-9,13,20-28,31,34-39H,10-11H2,1-2H3,(H,32,41)(H,33,40)/b12-7-/t13?,20-,21+,22-,23-,24+,25+,26?,27+,28?,31-/m1/s1. The van der Waals surface area contributed by atoms with Crippen molar-refractivity contribution in [1.82, 2.24) is 10.6 Å². The summed E-state index contributed by atoms with van der Waals surface area (Å²) >= 11 is 0. The Morgan fingerprint density at radius 2 is 1.62 bits per heavy atom. The molecule has 47 heavy (non-hydrogen) atoms. The number of rotatable bonds is 8. The van der Waals surface area contributed by atoms with Crippen molar-refractivity contribution >= 4 is 17.9 Å². The van der Waals surface area contributed by atoms with Crippen molar-refractivity contribution in [2.45, 2.75) is 81.1 Å². The van der Waals surface area contributed by atoms with Gasteiger partial charge in [0.25, 0.3) is 5.91 Å². The van der Waals surface area contributed by atoms with Crippen LogP contribution in [0.2, 0.25) is 0 Å². The second-order valence-electron chi connectivity index (χ2n) is 11.8. The van der Waals surface area contributed by atoms with E-state index < -0.39 is 79.0 Å². The predicted octanol–water partition coefficient (Wildman–Crippen LogP) is -1.51. The molecule has 0 bridgehead atoms. The summed E-state index contributed by atoms with van der Waals surface area (Å²) in [6.07, 6.45) is -10.0. The van der Waals surface area contributed by atoms with Gasteiger partial charge in [-0.05, 0) is 55.8 Å². The largest absolute Gasteiger partial charge is 0.504 e. The predicted molar refractivity (Wildman–Crippen MR) is 157 cm³/mol. The van der Waals surface area contributed by atoms with E-state index in [2.05, 4.69) is 10.6 Å². The molecule has 3 heterocycles. The fraction of sp³-hybridized carbons (Fsp3) is 0.484. The van der Waals surface area contributed by atoms with Gasteiger partial charge in [-0.1, -0.05) is 6.07 Å². The van der Waals surface area contributed by atoms with E-state index >= 15 is 0 Å². The maximum atomic E-state index is 12.9. The quantitative estimate of drug-likeness (QED) is 0.151. The molecule has 2 saturated heterocycles. The molecular weight excluding hydrogens is 624 g/mol. The highest BCUT2D eigenvalue weighted by Gasteiger charge is 2.53. The molecule has 8 N–H and O–H groups in total.